The van der Waals surface area contributed by atoms with Crippen molar-refractivity contribution in [2.75, 3.05) is 7.11 Å². The van der Waals surface area contributed by atoms with Crippen LogP contribution in [-0.2, 0) is 5.41 Å². The van der Waals surface area contributed by atoms with Crippen molar-refractivity contribution >= 4 is 33.5 Å². The zero-order valence-corrected chi connectivity index (χ0v) is 16.1. The molecule has 1 aromatic heterocycles. The maximum absolute atomic E-state index is 5.34. The third kappa shape index (κ3) is 2.75. The van der Waals surface area contributed by atoms with Crippen LogP contribution in [0.4, 0.5) is 0 Å². The van der Waals surface area contributed by atoms with Crippen LogP contribution >= 0.6 is 22.6 Å². The van der Waals surface area contributed by atoms with Gasteiger partial charge in [0.2, 0.25) is 0 Å². The molecule has 0 fully saturated rings. The van der Waals surface area contributed by atoms with Gasteiger partial charge in [0, 0.05) is 32.2 Å². The van der Waals surface area contributed by atoms with Crippen LogP contribution in [-0.4, -0.2) is 12.1 Å². The fourth-order valence-corrected chi connectivity index (χ4v) is 3.62. The van der Waals surface area contributed by atoms with Gasteiger partial charge >= 0.3 is 0 Å². The highest BCUT2D eigenvalue weighted by Crippen LogP contribution is 2.42. The van der Waals surface area contributed by atoms with Crippen molar-refractivity contribution < 1.29 is 4.74 Å². The SMILES string of the molecule is COc1ccc2c(C(C)(c3ccc(I)cc3)C(C)C)c[nH]c2c1. The molecule has 1 heterocycles. The molecule has 2 aromatic carbocycles. The van der Waals surface area contributed by atoms with Gasteiger partial charge in [-0.05, 0) is 63.9 Å². The first-order chi connectivity index (χ1) is 11.0. The second kappa shape index (κ2) is 6.19. The number of ether oxygens (including phenoxy) is 1. The molecule has 0 spiro atoms. The maximum atomic E-state index is 5.34. The molecule has 3 aromatic rings. The molecule has 2 nitrogen and oxygen atoms in total. The van der Waals surface area contributed by atoms with Gasteiger partial charge in [-0.3, -0.25) is 0 Å². The summed E-state index contributed by atoms with van der Waals surface area (Å²) in [5, 5.41) is 1.26. The van der Waals surface area contributed by atoms with Crippen LogP contribution in [0.25, 0.3) is 10.9 Å². The molecular formula is C20H22INO. The molecule has 1 N–H and O–H groups in total. The number of halogens is 1. The van der Waals surface area contributed by atoms with E-state index in [0.29, 0.717) is 5.92 Å². The lowest BCUT2D eigenvalue weighted by Crippen LogP contribution is -2.29. The van der Waals surface area contributed by atoms with Crippen LogP contribution < -0.4 is 4.74 Å². The van der Waals surface area contributed by atoms with Crippen molar-refractivity contribution in [1.82, 2.24) is 4.98 Å². The molecule has 3 rings (SSSR count). The first-order valence-corrected chi connectivity index (χ1v) is 8.96. The number of hydrogen-bond acceptors (Lipinski definition) is 1. The highest BCUT2D eigenvalue weighted by Gasteiger charge is 2.34. The number of H-pyrrole nitrogens is 1. The van der Waals surface area contributed by atoms with Crippen LogP contribution in [0.1, 0.15) is 31.9 Å². The van der Waals surface area contributed by atoms with Crippen molar-refractivity contribution in [3.05, 3.63) is 63.4 Å². The first kappa shape index (κ1) is 16.4. The molecule has 1 unspecified atom stereocenters. The Morgan fingerprint density at radius 2 is 1.78 bits per heavy atom. The van der Waals surface area contributed by atoms with Gasteiger partial charge in [0.15, 0.2) is 0 Å². The predicted molar refractivity (Wildman–Crippen MR) is 105 cm³/mol. The number of hydrogen-bond donors (Lipinski definition) is 1. The normalized spacial score (nSPS) is 14.2. The molecule has 23 heavy (non-hydrogen) atoms. The summed E-state index contributed by atoms with van der Waals surface area (Å²) in [6, 6.07) is 15.1. The number of methoxy groups -OCH3 is 1. The monoisotopic (exact) mass is 419 g/mol. The molecule has 120 valence electrons. The van der Waals surface area contributed by atoms with Gasteiger partial charge in [0.05, 0.1) is 7.11 Å². The molecule has 0 saturated carbocycles. The molecule has 1 atom stereocenters. The maximum Gasteiger partial charge on any atom is 0.120 e. The van der Waals surface area contributed by atoms with E-state index in [9.17, 15) is 0 Å². The lowest BCUT2D eigenvalue weighted by molar-refractivity contribution is 0.408. The summed E-state index contributed by atoms with van der Waals surface area (Å²) in [5.41, 5.74) is 3.77. The Hall–Kier alpha value is -1.49. The molecule has 0 aliphatic rings. The molecule has 0 amide bonds. The molecule has 0 saturated heterocycles. The fourth-order valence-electron chi connectivity index (χ4n) is 3.26. The number of fused-ring (bicyclic) bond motifs is 1. The molecular weight excluding hydrogens is 397 g/mol. The number of benzene rings is 2. The Bertz CT molecular complexity index is 819. The fraction of sp³-hybridized carbons (Fsp3) is 0.300. The van der Waals surface area contributed by atoms with Crippen molar-refractivity contribution in [3.63, 3.8) is 0 Å². The van der Waals surface area contributed by atoms with E-state index in [2.05, 4.69) is 90.9 Å². The van der Waals surface area contributed by atoms with Gasteiger partial charge in [-0.25, -0.2) is 0 Å². The van der Waals surface area contributed by atoms with Crippen molar-refractivity contribution in [2.24, 2.45) is 5.92 Å². The minimum Gasteiger partial charge on any atom is -0.497 e. The van der Waals surface area contributed by atoms with E-state index in [1.165, 1.54) is 20.1 Å². The van der Waals surface area contributed by atoms with Crippen LogP contribution in [0.15, 0.2) is 48.7 Å². The van der Waals surface area contributed by atoms with Gasteiger partial charge in [0.25, 0.3) is 0 Å². The Morgan fingerprint density at radius 3 is 2.39 bits per heavy atom. The second-order valence-electron chi connectivity index (χ2n) is 6.48. The van der Waals surface area contributed by atoms with Crippen molar-refractivity contribution in [2.45, 2.75) is 26.2 Å². The summed E-state index contributed by atoms with van der Waals surface area (Å²) in [7, 11) is 1.70. The minimum atomic E-state index is -0.0445. The lowest BCUT2D eigenvalue weighted by Gasteiger charge is -2.34. The highest BCUT2D eigenvalue weighted by molar-refractivity contribution is 14.1. The van der Waals surface area contributed by atoms with E-state index < -0.39 is 0 Å². The number of aromatic amines is 1. The van der Waals surface area contributed by atoms with Crippen LogP contribution in [0, 0.1) is 9.49 Å². The Balaban J connectivity index is 2.20. The zero-order valence-electron chi connectivity index (χ0n) is 14.0. The zero-order chi connectivity index (χ0) is 16.6. The van der Waals surface area contributed by atoms with Crippen LogP contribution in [0.2, 0.25) is 0 Å². The van der Waals surface area contributed by atoms with Crippen molar-refractivity contribution in [1.29, 1.82) is 0 Å². The quantitative estimate of drug-likeness (QED) is 0.536. The summed E-state index contributed by atoms with van der Waals surface area (Å²) in [5.74, 6) is 1.36. The summed E-state index contributed by atoms with van der Waals surface area (Å²) in [4.78, 5) is 3.42. The summed E-state index contributed by atoms with van der Waals surface area (Å²) in [6.07, 6.45) is 2.15. The van der Waals surface area contributed by atoms with Crippen molar-refractivity contribution in [3.8, 4) is 5.75 Å². The molecule has 0 aliphatic heterocycles. The third-order valence-corrected chi connectivity index (χ3v) is 5.77. The molecule has 0 aliphatic carbocycles. The first-order valence-electron chi connectivity index (χ1n) is 7.88. The number of aromatic nitrogens is 1. The summed E-state index contributed by atoms with van der Waals surface area (Å²) >= 11 is 2.36. The molecule has 0 bridgehead atoms. The largest absolute Gasteiger partial charge is 0.497 e. The smallest absolute Gasteiger partial charge is 0.120 e. The Labute approximate surface area is 151 Å². The third-order valence-electron chi connectivity index (χ3n) is 5.05. The minimum absolute atomic E-state index is 0.0445. The summed E-state index contributed by atoms with van der Waals surface area (Å²) in [6.45, 7) is 6.92. The highest BCUT2D eigenvalue weighted by atomic mass is 127. The van der Waals surface area contributed by atoms with E-state index in [4.69, 9.17) is 4.74 Å². The number of nitrogens with one attached hydrogen (secondary N) is 1. The van der Waals surface area contributed by atoms with Crippen LogP contribution in [0.3, 0.4) is 0 Å². The second-order valence-corrected chi connectivity index (χ2v) is 7.72. The van der Waals surface area contributed by atoms with Crippen LogP contribution in [0.5, 0.6) is 5.75 Å². The van der Waals surface area contributed by atoms with E-state index in [1.807, 2.05) is 6.07 Å². The van der Waals surface area contributed by atoms with E-state index in [1.54, 1.807) is 7.11 Å². The van der Waals surface area contributed by atoms with Gasteiger partial charge in [-0.1, -0.05) is 32.9 Å². The average Bonchev–Trinajstić information content (AvgIpc) is 2.97. The van der Waals surface area contributed by atoms with Gasteiger partial charge in [0.1, 0.15) is 5.75 Å². The molecule has 0 radical (unpaired) electrons. The average molecular weight is 419 g/mol. The van der Waals surface area contributed by atoms with Gasteiger partial charge < -0.3 is 9.72 Å². The van der Waals surface area contributed by atoms with Gasteiger partial charge in [-0.2, -0.15) is 0 Å². The predicted octanol–water partition coefficient (Wildman–Crippen LogP) is 5.74. The topological polar surface area (TPSA) is 25.0 Å². The van der Waals surface area contributed by atoms with E-state index >= 15 is 0 Å². The standard InChI is InChI=1S/C20H22INO/c1-13(2)20(3,14-5-7-15(21)8-6-14)18-12-22-19-11-16(23-4)9-10-17(18)19/h5-13,22H,1-4H3. The lowest BCUT2D eigenvalue weighted by atomic mass is 9.68. The summed E-state index contributed by atoms with van der Waals surface area (Å²) < 4.78 is 6.61. The Morgan fingerprint density at radius 1 is 1.09 bits per heavy atom. The number of rotatable bonds is 4. The Kier molecular flexibility index (Phi) is 4.41. The van der Waals surface area contributed by atoms with E-state index in [0.717, 1.165) is 11.3 Å². The van der Waals surface area contributed by atoms with Gasteiger partial charge in [-0.15, -0.1) is 0 Å². The molecule has 3 heteroatoms. The van der Waals surface area contributed by atoms with E-state index in [-0.39, 0.29) is 5.41 Å².